The van der Waals surface area contributed by atoms with Crippen LogP contribution in [0.2, 0.25) is 0 Å². The summed E-state index contributed by atoms with van der Waals surface area (Å²) in [7, 11) is 0. The monoisotopic (exact) mass is 317 g/mol. The SMILES string of the molecule is CCn1cncc1CN(Cc1ccccc1F)CC1CCCO1. The Morgan fingerprint density at radius 2 is 2.22 bits per heavy atom. The summed E-state index contributed by atoms with van der Waals surface area (Å²) in [6.45, 7) is 5.99. The molecule has 0 radical (unpaired) electrons. The Hall–Kier alpha value is -1.72. The number of aryl methyl sites for hydroxylation is 1. The van der Waals surface area contributed by atoms with Crippen molar-refractivity contribution in [3.63, 3.8) is 0 Å². The summed E-state index contributed by atoms with van der Waals surface area (Å²) in [5.41, 5.74) is 1.88. The third-order valence-electron chi connectivity index (χ3n) is 4.36. The maximum Gasteiger partial charge on any atom is 0.127 e. The van der Waals surface area contributed by atoms with Gasteiger partial charge < -0.3 is 9.30 Å². The predicted molar refractivity (Wildman–Crippen MR) is 87.4 cm³/mol. The lowest BCUT2D eigenvalue weighted by Crippen LogP contribution is -2.32. The lowest BCUT2D eigenvalue weighted by molar-refractivity contribution is 0.0667. The molecule has 1 atom stereocenters. The highest BCUT2D eigenvalue weighted by molar-refractivity contribution is 5.17. The molecule has 1 fully saturated rings. The van der Waals surface area contributed by atoms with Crippen LogP contribution in [-0.2, 0) is 24.4 Å². The van der Waals surface area contributed by atoms with Crippen molar-refractivity contribution >= 4 is 0 Å². The maximum absolute atomic E-state index is 14.0. The lowest BCUT2D eigenvalue weighted by atomic mass is 10.1. The van der Waals surface area contributed by atoms with Gasteiger partial charge in [-0.05, 0) is 25.8 Å². The second-order valence-corrected chi connectivity index (χ2v) is 6.07. The lowest BCUT2D eigenvalue weighted by Gasteiger charge is -2.25. The van der Waals surface area contributed by atoms with E-state index in [1.165, 1.54) is 6.07 Å². The highest BCUT2D eigenvalue weighted by atomic mass is 19.1. The standard InChI is InChI=1S/C18H24FN3O/c1-2-22-14-20-10-16(22)12-21(13-17-7-5-9-23-17)11-15-6-3-4-8-18(15)19/h3-4,6,8,10,14,17H,2,5,7,9,11-13H2,1H3. The average Bonchev–Trinajstić information content (AvgIpc) is 3.21. The zero-order valence-corrected chi connectivity index (χ0v) is 13.6. The Morgan fingerprint density at radius 3 is 2.96 bits per heavy atom. The number of rotatable bonds is 7. The van der Waals surface area contributed by atoms with Gasteiger partial charge in [0.25, 0.3) is 0 Å². The van der Waals surface area contributed by atoms with E-state index in [9.17, 15) is 4.39 Å². The summed E-state index contributed by atoms with van der Waals surface area (Å²) >= 11 is 0. The van der Waals surface area contributed by atoms with E-state index in [4.69, 9.17) is 4.74 Å². The van der Waals surface area contributed by atoms with Gasteiger partial charge in [0, 0.05) is 44.5 Å². The van der Waals surface area contributed by atoms with Crippen LogP contribution in [0, 0.1) is 5.82 Å². The van der Waals surface area contributed by atoms with Gasteiger partial charge in [-0.2, -0.15) is 0 Å². The molecule has 1 aromatic heterocycles. The van der Waals surface area contributed by atoms with Gasteiger partial charge in [0.1, 0.15) is 5.82 Å². The van der Waals surface area contributed by atoms with E-state index >= 15 is 0 Å². The fourth-order valence-electron chi connectivity index (χ4n) is 3.12. The normalized spacial score (nSPS) is 18.0. The number of nitrogens with zero attached hydrogens (tertiary/aromatic N) is 3. The zero-order chi connectivity index (χ0) is 16.1. The summed E-state index contributed by atoms with van der Waals surface area (Å²) < 4.78 is 21.9. The summed E-state index contributed by atoms with van der Waals surface area (Å²) in [5, 5.41) is 0. The van der Waals surface area contributed by atoms with E-state index in [0.717, 1.165) is 50.3 Å². The van der Waals surface area contributed by atoms with Crippen LogP contribution in [0.15, 0.2) is 36.8 Å². The highest BCUT2D eigenvalue weighted by Crippen LogP contribution is 2.18. The Balaban J connectivity index is 1.74. The van der Waals surface area contributed by atoms with Gasteiger partial charge in [0.2, 0.25) is 0 Å². The van der Waals surface area contributed by atoms with Crippen LogP contribution in [0.25, 0.3) is 0 Å². The number of hydrogen-bond donors (Lipinski definition) is 0. The number of halogens is 1. The number of ether oxygens (including phenoxy) is 1. The van der Waals surface area contributed by atoms with Crippen LogP contribution >= 0.6 is 0 Å². The zero-order valence-electron chi connectivity index (χ0n) is 13.6. The molecule has 1 saturated heterocycles. The molecule has 2 heterocycles. The molecule has 1 unspecified atom stereocenters. The quantitative estimate of drug-likeness (QED) is 0.785. The van der Waals surface area contributed by atoms with E-state index in [2.05, 4.69) is 21.4 Å². The minimum atomic E-state index is -0.145. The fraction of sp³-hybridized carbons (Fsp3) is 0.500. The van der Waals surface area contributed by atoms with Gasteiger partial charge in [-0.1, -0.05) is 18.2 Å². The summed E-state index contributed by atoms with van der Waals surface area (Å²) in [6.07, 6.45) is 6.20. The average molecular weight is 317 g/mol. The van der Waals surface area contributed by atoms with E-state index in [-0.39, 0.29) is 11.9 Å². The van der Waals surface area contributed by atoms with Crippen LogP contribution in [-0.4, -0.2) is 33.7 Å². The molecule has 2 aromatic rings. The van der Waals surface area contributed by atoms with Gasteiger partial charge in [-0.25, -0.2) is 9.37 Å². The van der Waals surface area contributed by atoms with Gasteiger partial charge >= 0.3 is 0 Å². The Labute approximate surface area is 136 Å². The third-order valence-corrected chi connectivity index (χ3v) is 4.36. The molecule has 0 N–H and O–H groups in total. The van der Waals surface area contributed by atoms with E-state index in [1.54, 1.807) is 6.07 Å². The molecule has 0 spiro atoms. The number of benzene rings is 1. The van der Waals surface area contributed by atoms with E-state index in [0.29, 0.717) is 6.54 Å². The Bertz CT molecular complexity index is 622. The summed E-state index contributed by atoms with van der Waals surface area (Å²) in [6, 6.07) is 7.00. The molecule has 0 aliphatic carbocycles. The molecule has 0 bridgehead atoms. The van der Waals surface area contributed by atoms with Crippen molar-refractivity contribution in [3.8, 4) is 0 Å². The first kappa shape index (κ1) is 16.1. The topological polar surface area (TPSA) is 30.3 Å². The Morgan fingerprint density at radius 1 is 1.35 bits per heavy atom. The van der Waals surface area contributed by atoms with Crippen LogP contribution in [0.1, 0.15) is 31.0 Å². The van der Waals surface area contributed by atoms with Crippen molar-refractivity contribution in [3.05, 3.63) is 53.9 Å². The second kappa shape index (κ2) is 7.70. The minimum Gasteiger partial charge on any atom is -0.377 e. The van der Waals surface area contributed by atoms with E-state index < -0.39 is 0 Å². The molecular weight excluding hydrogens is 293 g/mol. The van der Waals surface area contributed by atoms with Gasteiger partial charge in [0.05, 0.1) is 18.1 Å². The largest absolute Gasteiger partial charge is 0.377 e. The van der Waals surface area contributed by atoms with Crippen molar-refractivity contribution in [2.24, 2.45) is 0 Å². The maximum atomic E-state index is 14.0. The minimum absolute atomic E-state index is 0.145. The van der Waals surface area contributed by atoms with Crippen molar-refractivity contribution in [1.29, 1.82) is 0 Å². The molecule has 23 heavy (non-hydrogen) atoms. The van der Waals surface area contributed by atoms with Crippen LogP contribution in [0.3, 0.4) is 0 Å². The van der Waals surface area contributed by atoms with Crippen molar-refractivity contribution in [2.45, 2.75) is 45.5 Å². The van der Waals surface area contributed by atoms with Crippen LogP contribution in [0.4, 0.5) is 4.39 Å². The van der Waals surface area contributed by atoms with Gasteiger partial charge in [0.15, 0.2) is 0 Å². The molecule has 4 nitrogen and oxygen atoms in total. The van der Waals surface area contributed by atoms with Crippen LogP contribution in [0.5, 0.6) is 0 Å². The smallest absolute Gasteiger partial charge is 0.127 e. The van der Waals surface area contributed by atoms with Crippen molar-refractivity contribution in [2.75, 3.05) is 13.2 Å². The second-order valence-electron chi connectivity index (χ2n) is 6.07. The first-order chi connectivity index (χ1) is 11.3. The summed E-state index contributed by atoms with van der Waals surface area (Å²) in [5.74, 6) is -0.145. The molecular formula is C18H24FN3O. The fourth-order valence-corrected chi connectivity index (χ4v) is 3.12. The van der Waals surface area contributed by atoms with Gasteiger partial charge in [-0.15, -0.1) is 0 Å². The molecule has 1 aliphatic heterocycles. The number of imidazole rings is 1. The number of hydrogen-bond acceptors (Lipinski definition) is 3. The van der Waals surface area contributed by atoms with Crippen molar-refractivity contribution < 1.29 is 9.13 Å². The molecule has 0 amide bonds. The first-order valence-electron chi connectivity index (χ1n) is 8.32. The predicted octanol–water partition coefficient (Wildman–Crippen LogP) is 3.22. The summed E-state index contributed by atoms with van der Waals surface area (Å²) in [4.78, 5) is 6.49. The van der Waals surface area contributed by atoms with E-state index in [1.807, 2.05) is 24.7 Å². The Kier molecular flexibility index (Phi) is 5.41. The third kappa shape index (κ3) is 4.18. The van der Waals surface area contributed by atoms with Gasteiger partial charge in [-0.3, -0.25) is 4.90 Å². The van der Waals surface area contributed by atoms with Crippen molar-refractivity contribution in [1.82, 2.24) is 14.5 Å². The molecule has 3 rings (SSSR count). The number of aromatic nitrogens is 2. The first-order valence-corrected chi connectivity index (χ1v) is 8.32. The molecule has 1 aromatic carbocycles. The molecule has 124 valence electrons. The molecule has 0 saturated carbocycles. The highest BCUT2D eigenvalue weighted by Gasteiger charge is 2.21. The molecule has 1 aliphatic rings. The van der Waals surface area contributed by atoms with Crippen LogP contribution < -0.4 is 0 Å². The molecule has 5 heteroatoms.